The monoisotopic (exact) mass is 291 g/mol. The Labute approximate surface area is 122 Å². The summed E-state index contributed by atoms with van der Waals surface area (Å²) < 4.78 is 0. The average molecular weight is 292 g/mol. The fourth-order valence-corrected chi connectivity index (χ4v) is 2.30. The molecule has 0 saturated carbocycles. The third-order valence-corrected chi connectivity index (χ3v) is 3.11. The molecule has 0 aliphatic rings. The third kappa shape index (κ3) is 3.37. The van der Waals surface area contributed by atoms with E-state index in [1.807, 2.05) is 30.1 Å². The number of nitrogens with zero attached hydrogens (tertiary/aromatic N) is 3. The first kappa shape index (κ1) is 13.7. The summed E-state index contributed by atoms with van der Waals surface area (Å²) in [5, 5.41) is 9.89. The number of pyridine rings is 1. The first-order valence-corrected chi connectivity index (χ1v) is 6.37. The van der Waals surface area contributed by atoms with Gasteiger partial charge in [-0.1, -0.05) is 35.3 Å². The van der Waals surface area contributed by atoms with Crippen molar-refractivity contribution in [1.29, 1.82) is 5.26 Å². The molecule has 3 nitrogen and oxygen atoms in total. The van der Waals surface area contributed by atoms with Crippen LogP contribution >= 0.6 is 23.2 Å². The molecule has 0 radical (unpaired) electrons. The van der Waals surface area contributed by atoms with Crippen molar-refractivity contribution in [3.63, 3.8) is 0 Å². The third-order valence-electron chi connectivity index (χ3n) is 2.63. The van der Waals surface area contributed by atoms with Crippen LogP contribution in [0, 0.1) is 11.3 Å². The highest BCUT2D eigenvalue weighted by atomic mass is 35.5. The molecule has 2 aromatic rings. The molecule has 0 fully saturated rings. The van der Waals surface area contributed by atoms with Gasteiger partial charge in [0, 0.05) is 19.8 Å². The number of anilines is 1. The van der Waals surface area contributed by atoms with Gasteiger partial charge in [-0.15, -0.1) is 0 Å². The molecule has 0 unspecified atom stereocenters. The topological polar surface area (TPSA) is 39.9 Å². The fourth-order valence-electron chi connectivity index (χ4n) is 1.78. The first-order chi connectivity index (χ1) is 9.10. The summed E-state index contributed by atoms with van der Waals surface area (Å²) in [7, 11) is 1.89. The van der Waals surface area contributed by atoms with Crippen LogP contribution in [0.4, 0.5) is 5.82 Å². The van der Waals surface area contributed by atoms with Crippen molar-refractivity contribution in [1.82, 2.24) is 4.98 Å². The van der Waals surface area contributed by atoms with E-state index in [-0.39, 0.29) is 0 Å². The second-order valence-corrected chi connectivity index (χ2v) is 4.97. The molecule has 2 rings (SSSR count). The van der Waals surface area contributed by atoms with Gasteiger partial charge in [0.15, 0.2) is 0 Å². The van der Waals surface area contributed by atoms with Crippen LogP contribution in [-0.2, 0) is 6.54 Å². The van der Waals surface area contributed by atoms with Crippen molar-refractivity contribution >= 4 is 29.0 Å². The smallest absolute Gasteiger partial charge is 0.147 e. The molecule has 0 amide bonds. The van der Waals surface area contributed by atoms with E-state index in [9.17, 15) is 0 Å². The van der Waals surface area contributed by atoms with Crippen molar-refractivity contribution in [2.75, 3.05) is 11.9 Å². The van der Waals surface area contributed by atoms with Crippen molar-refractivity contribution in [2.45, 2.75) is 6.54 Å². The SMILES string of the molecule is CN(Cc1cccc(C#N)c1)c1ncc(Cl)cc1Cl. The molecular weight excluding hydrogens is 281 g/mol. The lowest BCUT2D eigenvalue weighted by atomic mass is 10.1. The number of aromatic nitrogens is 1. The van der Waals surface area contributed by atoms with Crippen LogP contribution in [0.1, 0.15) is 11.1 Å². The van der Waals surface area contributed by atoms with E-state index in [1.165, 1.54) is 0 Å². The van der Waals surface area contributed by atoms with Crippen LogP contribution in [0.5, 0.6) is 0 Å². The van der Waals surface area contributed by atoms with Crippen molar-refractivity contribution in [3.05, 3.63) is 57.7 Å². The van der Waals surface area contributed by atoms with Gasteiger partial charge in [0.25, 0.3) is 0 Å². The van der Waals surface area contributed by atoms with Crippen LogP contribution in [-0.4, -0.2) is 12.0 Å². The molecular formula is C14H11Cl2N3. The lowest BCUT2D eigenvalue weighted by Gasteiger charge is -2.19. The van der Waals surface area contributed by atoms with Gasteiger partial charge in [-0.2, -0.15) is 5.26 Å². The number of hydrogen-bond donors (Lipinski definition) is 0. The van der Waals surface area contributed by atoms with Crippen LogP contribution in [0.3, 0.4) is 0 Å². The molecule has 0 N–H and O–H groups in total. The number of benzene rings is 1. The maximum absolute atomic E-state index is 8.88. The lowest BCUT2D eigenvalue weighted by Crippen LogP contribution is -2.18. The Bertz CT molecular complexity index is 635. The molecule has 1 aromatic carbocycles. The van der Waals surface area contributed by atoms with Gasteiger partial charge in [0.1, 0.15) is 5.82 Å². The summed E-state index contributed by atoms with van der Waals surface area (Å²) >= 11 is 11.9. The summed E-state index contributed by atoms with van der Waals surface area (Å²) in [5.74, 6) is 0.661. The van der Waals surface area contributed by atoms with Gasteiger partial charge in [-0.3, -0.25) is 0 Å². The molecule has 96 valence electrons. The predicted octanol–water partition coefficient (Wildman–Crippen LogP) is 3.90. The summed E-state index contributed by atoms with van der Waals surface area (Å²) in [6, 6.07) is 11.2. The molecule has 0 aliphatic carbocycles. The van der Waals surface area contributed by atoms with Gasteiger partial charge in [-0.05, 0) is 23.8 Å². The second kappa shape index (κ2) is 5.92. The van der Waals surface area contributed by atoms with E-state index in [2.05, 4.69) is 11.1 Å². The minimum Gasteiger partial charge on any atom is -0.354 e. The highest BCUT2D eigenvalue weighted by molar-refractivity contribution is 6.35. The second-order valence-electron chi connectivity index (χ2n) is 4.13. The normalized spacial score (nSPS) is 10.0. The van der Waals surface area contributed by atoms with E-state index < -0.39 is 0 Å². The van der Waals surface area contributed by atoms with Crippen LogP contribution in [0.25, 0.3) is 0 Å². The predicted molar refractivity (Wildman–Crippen MR) is 77.5 cm³/mol. The molecule has 1 aromatic heterocycles. The Balaban J connectivity index is 2.20. The summed E-state index contributed by atoms with van der Waals surface area (Å²) in [6.45, 7) is 0.615. The Hall–Kier alpha value is -1.76. The molecule has 0 aliphatic heterocycles. The quantitative estimate of drug-likeness (QED) is 0.861. The fraction of sp³-hybridized carbons (Fsp3) is 0.143. The highest BCUT2D eigenvalue weighted by Crippen LogP contribution is 2.26. The van der Waals surface area contributed by atoms with E-state index in [0.717, 1.165) is 5.56 Å². The van der Waals surface area contributed by atoms with Gasteiger partial charge in [-0.25, -0.2) is 4.98 Å². The zero-order valence-electron chi connectivity index (χ0n) is 10.3. The lowest BCUT2D eigenvalue weighted by molar-refractivity contribution is 0.898. The number of hydrogen-bond acceptors (Lipinski definition) is 3. The molecule has 0 saturated heterocycles. The molecule has 5 heteroatoms. The standard InChI is InChI=1S/C14H11Cl2N3/c1-19(14-13(16)6-12(15)8-18-14)9-11-4-2-3-10(5-11)7-17/h2-6,8H,9H2,1H3. The first-order valence-electron chi connectivity index (χ1n) is 5.61. The number of halogens is 2. The van der Waals surface area contributed by atoms with Crippen LogP contribution in [0.15, 0.2) is 36.5 Å². The van der Waals surface area contributed by atoms with Crippen LogP contribution in [0.2, 0.25) is 10.0 Å². The zero-order chi connectivity index (χ0) is 13.8. The molecule has 0 spiro atoms. The average Bonchev–Trinajstić information content (AvgIpc) is 2.38. The summed E-state index contributed by atoms with van der Waals surface area (Å²) in [5.41, 5.74) is 1.66. The molecule has 1 heterocycles. The van der Waals surface area contributed by atoms with Gasteiger partial charge in [0.05, 0.1) is 21.7 Å². The molecule has 19 heavy (non-hydrogen) atoms. The van der Waals surface area contributed by atoms with Gasteiger partial charge in [0.2, 0.25) is 0 Å². The van der Waals surface area contributed by atoms with Crippen molar-refractivity contribution in [2.24, 2.45) is 0 Å². The molecule has 0 bridgehead atoms. The van der Waals surface area contributed by atoms with E-state index in [0.29, 0.717) is 28.0 Å². The van der Waals surface area contributed by atoms with Crippen LogP contribution < -0.4 is 4.90 Å². The minimum atomic E-state index is 0.506. The zero-order valence-corrected chi connectivity index (χ0v) is 11.8. The van der Waals surface area contributed by atoms with E-state index in [1.54, 1.807) is 18.3 Å². The summed E-state index contributed by atoms with van der Waals surface area (Å²) in [4.78, 5) is 6.13. The number of nitriles is 1. The maximum Gasteiger partial charge on any atom is 0.147 e. The Kier molecular flexibility index (Phi) is 4.26. The van der Waals surface area contributed by atoms with Crippen molar-refractivity contribution < 1.29 is 0 Å². The Morgan fingerprint density at radius 2 is 2.11 bits per heavy atom. The maximum atomic E-state index is 8.88. The van der Waals surface area contributed by atoms with E-state index in [4.69, 9.17) is 28.5 Å². The summed E-state index contributed by atoms with van der Waals surface area (Å²) in [6.07, 6.45) is 1.56. The van der Waals surface area contributed by atoms with Gasteiger partial charge < -0.3 is 4.90 Å². The Morgan fingerprint density at radius 3 is 2.79 bits per heavy atom. The minimum absolute atomic E-state index is 0.506. The van der Waals surface area contributed by atoms with E-state index >= 15 is 0 Å². The van der Waals surface area contributed by atoms with Crippen molar-refractivity contribution in [3.8, 4) is 6.07 Å². The number of rotatable bonds is 3. The highest BCUT2D eigenvalue weighted by Gasteiger charge is 2.09. The Morgan fingerprint density at radius 1 is 1.32 bits per heavy atom. The van der Waals surface area contributed by atoms with Gasteiger partial charge >= 0.3 is 0 Å². The molecule has 0 atom stereocenters. The largest absolute Gasteiger partial charge is 0.354 e.